The zero-order valence-electron chi connectivity index (χ0n) is 18.4. The van der Waals surface area contributed by atoms with Crippen molar-refractivity contribution in [3.8, 4) is 0 Å². The van der Waals surface area contributed by atoms with Gasteiger partial charge >= 0.3 is 0 Å². The fraction of sp³-hybridized carbons (Fsp3) is 0.520. The Hall–Kier alpha value is -1.81. The molecule has 0 fully saturated rings. The maximum atomic E-state index is 12.8. The molecule has 0 aliphatic carbocycles. The Morgan fingerprint density at radius 3 is 2.34 bits per heavy atom. The average molecular weight is 417 g/mol. The zero-order valence-corrected chi connectivity index (χ0v) is 19.2. The zero-order chi connectivity index (χ0) is 21.8. The van der Waals surface area contributed by atoms with E-state index in [0.717, 1.165) is 25.7 Å². The summed E-state index contributed by atoms with van der Waals surface area (Å²) in [4.78, 5) is 24.9. The molecule has 1 unspecified atom stereocenters. The number of rotatable bonds is 14. The lowest BCUT2D eigenvalue weighted by Gasteiger charge is -2.19. The smallest absolute Gasteiger partial charge is 0.155 e. The van der Waals surface area contributed by atoms with Gasteiger partial charge in [0, 0.05) is 17.2 Å². The standard InChI is InChI=1S/C25H36O3S/c1-6-22(26)17-21(5)12-10-11-20(4)15-16-24(19(2)3)25(27)18-29(28)23-13-8-7-9-14-23/h6-9,11,13-14,19,21,24H,1,10,12,15-18H2,2-5H3/b20-11+/t21-,24-,29?/m0/s1. The third-order valence-corrected chi connectivity index (χ3v) is 6.62. The van der Waals surface area contributed by atoms with E-state index in [4.69, 9.17) is 0 Å². The van der Waals surface area contributed by atoms with Gasteiger partial charge in [-0.1, -0.05) is 57.2 Å². The van der Waals surface area contributed by atoms with Crippen molar-refractivity contribution in [1.29, 1.82) is 0 Å². The highest BCUT2D eigenvalue weighted by Gasteiger charge is 2.24. The molecule has 1 aromatic carbocycles. The minimum atomic E-state index is -1.28. The van der Waals surface area contributed by atoms with Crippen molar-refractivity contribution in [1.82, 2.24) is 0 Å². The highest BCUT2D eigenvalue weighted by Crippen LogP contribution is 2.23. The number of carbonyl (C=O) groups is 2. The Bertz CT molecular complexity index is 719. The molecule has 0 saturated heterocycles. The molecule has 0 heterocycles. The van der Waals surface area contributed by atoms with Crippen LogP contribution in [0.1, 0.15) is 59.8 Å². The van der Waals surface area contributed by atoms with Gasteiger partial charge in [0.15, 0.2) is 5.78 Å². The summed E-state index contributed by atoms with van der Waals surface area (Å²) in [6.07, 6.45) is 7.74. The second kappa shape index (κ2) is 13.4. The second-order valence-electron chi connectivity index (χ2n) is 8.27. The van der Waals surface area contributed by atoms with E-state index in [1.165, 1.54) is 11.6 Å². The Morgan fingerprint density at radius 1 is 1.10 bits per heavy atom. The fourth-order valence-corrected chi connectivity index (χ4v) is 4.49. The van der Waals surface area contributed by atoms with Gasteiger partial charge < -0.3 is 0 Å². The first-order valence-corrected chi connectivity index (χ1v) is 11.8. The third-order valence-electron chi connectivity index (χ3n) is 5.28. The van der Waals surface area contributed by atoms with Gasteiger partial charge in [0.25, 0.3) is 0 Å². The largest absolute Gasteiger partial charge is 0.298 e. The van der Waals surface area contributed by atoms with Gasteiger partial charge in [0.2, 0.25) is 0 Å². The molecule has 0 N–H and O–H groups in total. The van der Waals surface area contributed by atoms with Crippen LogP contribution in [0, 0.1) is 17.8 Å². The lowest BCUT2D eigenvalue weighted by atomic mass is 9.86. The molecule has 29 heavy (non-hydrogen) atoms. The second-order valence-corrected chi connectivity index (χ2v) is 9.72. The molecule has 0 aliphatic rings. The summed E-state index contributed by atoms with van der Waals surface area (Å²) >= 11 is 0. The van der Waals surface area contributed by atoms with Crippen molar-refractivity contribution < 1.29 is 13.8 Å². The van der Waals surface area contributed by atoms with Crippen molar-refractivity contribution >= 4 is 22.4 Å². The SMILES string of the molecule is C=CC(=O)C[C@@H](C)CC/C=C(\C)CC[C@H](C(=O)CS(=O)c1ccccc1)C(C)C. The molecule has 0 radical (unpaired) electrons. The van der Waals surface area contributed by atoms with Crippen LogP contribution in [0.25, 0.3) is 0 Å². The minimum Gasteiger partial charge on any atom is -0.298 e. The molecule has 0 aliphatic heterocycles. The van der Waals surface area contributed by atoms with E-state index in [2.05, 4.69) is 40.3 Å². The number of carbonyl (C=O) groups excluding carboxylic acids is 2. The van der Waals surface area contributed by atoms with E-state index in [1.54, 1.807) is 0 Å². The van der Waals surface area contributed by atoms with Gasteiger partial charge in [-0.2, -0.15) is 0 Å². The summed E-state index contributed by atoms with van der Waals surface area (Å²) < 4.78 is 12.5. The van der Waals surface area contributed by atoms with Crippen molar-refractivity contribution in [3.05, 3.63) is 54.6 Å². The summed E-state index contributed by atoms with van der Waals surface area (Å²) in [5.74, 6) is 0.784. The summed E-state index contributed by atoms with van der Waals surface area (Å²) in [6.45, 7) is 11.8. The Kier molecular flexibility index (Phi) is 11.7. The summed E-state index contributed by atoms with van der Waals surface area (Å²) in [6, 6.07) is 9.20. The molecule has 3 atom stereocenters. The van der Waals surface area contributed by atoms with E-state index in [0.29, 0.717) is 17.2 Å². The summed E-state index contributed by atoms with van der Waals surface area (Å²) in [5.41, 5.74) is 1.27. The highest BCUT2D eigenvalue weighted by molar-refractivity contribution is 7.85. The van der Waals surface area contributed by atoms with Gasteiger partial charge in [0.05, 0.1) is 16.6 Å². The van der Waals surface area contributed by atoms with Crippen LogP contribution in [0.5, 0.6) is 0 Å². The Balaban J connectivity index is 2.52. The van der Waals surface area contributed by atoms with Crippen LogP contribution >= 0.6 is 0 Å². The van der Waals surface area contributed by atoms with Gasteiger partial charge in [-0.3, -0.25) is 13.8 Å². The van der Waals surface area contributed by atoms with Crippen LogP contribution in [0.4, 0.5) is 0 Å². The molecule has 0 spiro atoms. The van der Waals surface area contributed by atoms with Crippen LogP contribution in [0.15, 0.2) is 59.5 Å². The van der Waals surface area contributed by atoms with Crippen LogP contribution in [-0.4, -0.2) is 21.5 Å². The molecule has 0 amide bonds. The molecule has 4 heteroatoms. The van der Waals surface area contributed by atoms with E-state index in [-0.39, 0.29) is 29.2 Å². The summed E-state index contributed by atoms with van der Waals surface area (Å²) in [5, 5.41) is 0. The topological polar surface area (TPSA) is 51.2 Å². The highest BCUT2D eigenvalue weighted by atomic mass is 32.2. The third kappa shape index (κ3) is 9.98. The number of allylic oxidation sites excluding steroid dienone is 3. The lowest BCUT2D eigenvalue weighted by molar-refractivity contribution is -0.121. The van der Waals surface area contributed by atoms with E-state index < -0.39 is 10.8 Å². The first-order valence-electron chi connectivity index (χ1n) is 10.5. The van der Waals surface area contributed by atoms with Crippen LogP contribution < -0.4 is 0 Å². The predicted molar refractivity (Wildman–Crippen MR) is 122 cm³/mol. The van der Waals surface area contributed by atoms with Crippen molar-refractivity contribution in [2.24, 2.45) is 17.8 Å². The first-order chi connectivity index (χ1) is 13.7. The number of hydrogen-bond donors (Lipinski definition) is 0. The minimum absolute atomic E-state index is 0.0739. The molecule has 0 saturated carbocycles. The molecular formula is C25H36O3S. The quantitative estimate of drug-likeness (QED) is 0.279. The maximum absolute atomic E-state index is 12.8. The van der Waals surface area contributed by atoms with Gasteiger partial charge in [-0.05, 0) is 62.7 Å². The number of ketones is 2. The molecule has 0 aromatic heterocycles. The van der Waals surface area contributed by atoms with Gasteiger partial charge in [0.1, 0.15) is 5.78 Å². The predicted octanol–water partition coefficient (Wildman–Crippen LogP) is 5.92. The van der Waals surface area contributed by atoms with E-state index in [1.807, 2.05) is 30.3 Å². The fourth-order valence-electron chi connectivity index (χ4n) is 3.39. The van der Waals surface area contributed by atoms with Crippen molar-refractivity contribution in [2.75, 3.05) is 5.75 Å². The van der Waals surface area contributed by atoms with Gasteiger partial charge in [-0.25, -0.2) is 0 Å². The van der Waals surface area contributed by atoms with Crippen LogP contribution in [0.3, 0.4) is 0 Å². The Labute approximate surface area is 179 Å². The molecular weight excluding hydrogens is 380 g/mol. The first kappa shape index (κ1) is 25.2. The molecule has 1 rings (SSSR count). The average Bonchev–Trinajstić information content (AvgIpc) is 2.68. The number of benzene rings is 1. The molecule has 0 bridgehead atoms. The normalized spacial score (nSPS) is 15.0. The number of hydrogen-bond acceptors (Lipinski definition) is 3. The van der Waals surface area contributed by atoms with E-state index >= 15 is 0 Å². The molecule has 1 aromatic rings. The van der Waals surface area contributed by atoms with Gasteiger partial charge in [-0.15, -0.1) is 0 Å². The lowest BCUT2D eigenvalue weighted by Crippen LogP contribution is -2.25. The number of Topliss-reactive ketones (excluding diaryl/α,β-unsaturated/α-hetero) is 1. The van der Waals surface area contributed by atoms with E-state index in [9.17, 15) is 13.8 Å². The van der Waals surface area contributed by atoms with Crippen molar-refractivity contribution in [2.45, 2.75) is 64.7 Å². The van der Waals surface area contributed by atoms with Crippen LogP contribution in [0.2, 0.25) is 0 Å². The molecule has 160 valence electrons. The maximum Gasteiger partial charge on any atom is 0.155 e. The molecule has 3 nitrogen and oxygen atoms in total. The van der Waals surface area contributed by atoms with Crippen molar-refractivity contribution in [3.63, 3.8) is 0 Å². The Morgan fingerprint density at radius 2 is 1.76 bits per heavy atom. The monoisotopic (exact) mass is 416 g/mol. The van der Waals surface area contributed by atoms with Crippen LogP contribution in [-0.2, 0) is 20.4 Å². The summed E-state index contributed by atoms with van der Waals surface area (Å²) in [7, 11) is -1.28.